The second kappa shape index (κ2) is 4.71. The van der Waals surface area contributed by atoms with Crippen LogP contribution in [0, 0.1) is 0 Å². The summed E-state index contributed by atoms with van der Waals surface area (Å²) in [6.45, 7) is 0. The van der Waals surface area contributed by atoms with Crippen molar-refractivity contribution >= 4 is 22.6 Å². The van der Waals surface area contributed by atoms with Crippen molar-refractivity contribution in [2.75, 3.05) is 0 Å². The lowest BCUT2D eigenvalue weighted by atomic mass is 10.1. The van der Waals surface area contributed by atoms with Crippen molar-refractivity contribution in [3.63, 3.8) is 0 Å². The Morgan fingerprint density at radius 1 is 1.14 bits per heavy atom. The minimum atomic E-state index is 0.0194. The van der Waals surface area contributed by atoms with E-state index in [2.05, 4.69) is 4.98 Å². The highest BCUT2D eigenvalue weighted by molar-refractivity contribution is 6.30. The fourth-order valence-electron chi connectivity index (χ4n) is 2.70. The van der Waals surface area contributed by atoms with Gasteiger partial charge in [0.15, 0.2) is 0 Å². The zero-order chi connectivity index (χ0) is 14.4. The van der Waals surface area contributed by atoms with Crippen molar-refractivity contribution in [1.82, 2.24) is 9.55 Å². The van der Waals surface area contributed by atoms with Crippen molar-refractivity contribution in [1.29, 1.82) is 0 Å². The predicted molar refractivity (Wildman–Crippen MR) is 84.7 cm³/mol. The van der Waals surface area contributed by atoms with Crippen LogP contribution in [0.3, 0.4) is 0 Å². The lowest BCUT2D eigenvalue weighted by molar-refractivity contribution is 0.731. The van der Waals surface area contributed by atoms with E-state index in [4.69, 9.17) is 11.6 Å². The summed E-state index contributed by atoms with van der Waals surface area (Å²) in [4.78, 5) is 17.2. The van der Waals surface area contributed by atoms with Gasteiger partial charge in [-0.15, -0.1) is 0 Å². The maximum atomic E-state index is 12.9. The molecule has 3 aromatic rings. The molecule has 4 rings (SSSR count). The number of hydrogen-bond donors (Lipinski definition) is 0. The fraction of sp³-hybridized carbons (Fsp3) is 0.176. The first-order chi connectivity index (χ1) is 10.2. The number of benzene rings is 1. The topological polar surface area (TPSA) is 34.9 Å². The van der Waals surface area contributed by atoms with E-state index in [-0.39, 0.29) is 11.6 Å². The number of fused-ring (bicyclic) bond motifs is 1. The second-order valence-electron chi connectivity index (χ2n) is 5.39. The molecule has 0 amide bonds. The van der Waals surface area contributed by atoms with E-state index < -0.39 is 0 Å². The van der Waals surface area contributed by atoms with Gasteiger partial charge in [-0.3, -0.25) is 9.36 Å². The molecule has 0 bridgehead atoms. The summed E-state index contributed by atoms with van der Waals surface area (Å²) in [5.74, 6) is 0. The fourth-order valence-corrected chi connectivity index (χ4v) is 2.89. The third kappa shape index (κ3) is 2.14. The predicted octanol–water partition coefficient (Wildman–Crippen LogP) is 4.05. The molecule has 4 heteroatoms. The summed E-state index contributed by atoms with van der Waals surface area (Å²) in [5.41, 5.74) is 2.33. The third-order valence-electron chi connectivity index (χ3n) is 3.84. The van der Waals surface area contributed by atoms with E-state index in [1.165, 1.54) is 0 Å². The van der Waals surface area contributed by atoms with E-state index in [1.54, 1.807) is 6.20 Å². The summed E-state index contributed by atoms with van der Waals surface area (Å²) in [7, 11) is 0. The molecule has 0 saturated heterocycles. The molecule has 21 heavy (non-hydrogen) atoms. The average molecular weight is 297 g/mol. The highest BCUT2D eigenvalue weighted by atomic mass is 35.5. The van der Waals surface area contributed by atoms with Crippen LogP contribution in [0.5, 0.6) is 0 Å². The normalized spacial score (nSPS) is 14.5. The monoisotopic (exact) mass is 296 g/mol. The molecule has 1 aliphatic carbocycles. The Kier molecular flexibility index (Phi) is 2.82. The molecule has 2 aromatic heterocycles. The lowest BCUT2D eigenvalue weighted by Gasteiger charge is -2.11. The molecule has 2 heterocycles. The van der Waals surface area contributed by atoms with Gasteiger partial charge in [0.05, 0.1) is 0 Å². The van der Waals surface area contributed by atoms with E-state index in [0.717, 1.165) is 29.4 Å². The zero-order valence-corrected chi connectivity index (χ0v) is 12.0. The molecular weight excluding hydrogens is 284 g/mol. The average Bonchev–Trinajstić information content (AvgIpc) is 3.31. The highest BCUT2D eigenvalue weighted by Gasteiger charge is 2.27. The maximum absolute atomic E-state index is 12.9. The third-order valence-corrected chi connectivity index (χ3v) is 4.08. The zero-order valence-electron chi connectivity index (χ0n) is 11.3. The molecule has 0 N–H and O–H groups in total. The van der Waals surface area contributed by atoms with Crippen LogP contribution in [0.1, 0.15) is 18.9 Å². The van der Waals surface area contributed by atoms with Crippen LogP contribution < -0.4 is 5.56 Å². The number of hydrogen-bond acceptors (Lipinski definition) is 2. The molecule has 0 atom stereocenters. The first-order valence-corrected chi connectivity index (χ1v) is 7.38. The van der Waals surface area contributed by atoms with Gasteiger partial charge in [-0.05, 0) is 48.7 Å². The number of pyridine rings is 2. The smallest absolute Gasteiger partial charge is 0.260 e. The summed E-state index contributed by atoms with van der Waals surface area (Å²) in [6.07, 6.45) is 3.83. The van der Waals surface area contributed by atoms with Gasteiger partial charge in [0.2, 0.25) is 0 Å². The molecular formula is C17H13ClN2O. The maximum Gasteiger partial charge on any atom is 0.260 e. The Morgan fingerprint density at radius 3 is 2.76 bits per heavy atom. The molecule has 1 fully saturated rings. The molecule has 0 spiro atoms. The first-order valence-electron chi connectivity index (χ1n) is 7.00. The van der Waals surface area contributed by atoms with Gasteiger partial charge >= 0.3 is 0 Å². The molecule has 104 valence electrons. The largest absolute Gasteiger partial charge is 0.289 e. The van der Waals surface area contributed by atoms with Crippen molar-refractivity contribution in [3.8, 4) is 11.1 Å². The molecule has 0 radical (unpaired) electrons. The molecule has 0 unspecified atom stereocenters. The van der Waals surface area contributed by atoms with Gasteiger partial charge in [0, 0.05) is 28.2 Å². The molecule has 1 aliphatic rings. The Labute approximate surface area is 126 Å². The van der Waals surface area contributed by atoms with Crippen molar-refractivity contribution < 1.29 is 0 Å². The van der Waals surface area contributed by atoms with Crippen LogP contribution in [0.15, 0.2) is 53.5 Å². The van der Waals surface area contributed by atoms with Crippen LogP contribution in [0.25, 0.3) is 22.2 Å². The summed E-state index contributed by atoms with van der Waals surface area (Å²) in [5, 5.41) is 1.62. The number of nitrogens with zero attached hydrogens (tertiary/aromatic N) is 2. The first kappa shape index (κ1) is 12.6. The van der Waals surface area contributed by atoms with Crippen LogP contribution in [-0.4, -0.2) is 9.55 Å². The number of rotatable bonds is 2. The van der Waals surface area contributed by atoms with Gasteiger partial charge in [-0.25, -0.2) is 4.98 Å². The van der Waals surface area contributed by atoms with E-state index in [0.29, 0.717) is 10.6 Å². The summed E-state index contributed by atoms with van der Waals surface area (Å²) >= 11 is 6.06. The lowest BCUT2D eigenvalue weighted by Crippen LogP contribution is -2.21. The van der Waals surface area contributed by atoms with Gasteiger partial charge < -0.3 is 0 Å². The van der Waals surface area contributed by atoms with Crippen LogP contribution in [-0.2, 0) is 0 Å². The Hall–Kier alpha value is -2.13. The van der Waals surface area contributed by atoms with Crippen LogP contribution in [0.2, 0.25) is 5.02 Å². The number of halogens is 1. The quantitative estimate of drug-likeness (QED) is 0.715. The van der Waals surface area contributed by atoms with Gasteiger partial charge in [-0.2, -0.15) is 0 Å². The Balaban J connectivity index is 2.06. The minimum absolute atomic E-state index is 0.0194. The van der Waals surface area contributed by atoms with E-state index in [9.17, 15) is 4.79 Å². The second-order valence-corrected chi connectivity index (χ2v) is 5.83. The van der Waals surface area contributed by atoms with Crippen LogP contribution in [0.4, 0.5) is 0 Å². The van der Waals surface area contributed by atoms with Crippen molar-refractivity contribution in [3.05, 3.63) is 64.0 Å². The van der Waals surface area contributed by atoms with Crippen molar-refractivity contribution in [2.24, 2.45) is 0 Å². The van der Waals surface area contributed by atoms with Crippen LogP contribution >= 0.6 is 11.6 Å². The van der Waals surface area contributed by atoms with Gasteiger partial charge in [0.1, 0.15) is 5.65 Å². The molecule has 1 aromatic carbocycles. The SMILES string of the molecule is O=c1c(-c2cccc(Cl)c2)cc2cccnc2n1C1CC1. The standard InChI is InChI=1S/C17H13ClN2O/c18-13-5-1-3-11(9-13)15-10-12-4-2-8-19-16(12)20(17(15)21)14-6-7-14/h1-5,8-10,14H,6-7H2. The molecule has 3 nitrogen and oxygen atoms in total. The van der Waals surface area contributed by atoms with Gasteiger partial charge in [0.25, 0.3) is 5.56 Å². The van der Waals surface area contributed by atoms with Crippen molar-refractivity contribution in [2.45, 2.75) is 18.9 Å². The van der Waals surface area contributed by atoms with Gasteiger partial charge in [-0.1, -0.05) is 23.7 Å². The Morgan fingerprint density at radius 2 is 2.00 bits per heavy atom. The summed E-state index contributed by atoms with van der Waals surface area (Å²) < 4.78 is 1.84. The van der Waals surface area contributed by atoms with E-state index in [1.807, 2.05) is 47.0 Å². The minimum Gasteiger partial charge on any atom is -0.289 e. The molecule has 1 saturated carbocycles. The number of aromatic nitrogens is 2. The Bertz CT molecular complexity index is 897. The molecule has 0 aliphatic heterocycles. The highest BCUT2D eigenvalue weighted by Crippen LogP contribution is 2.36. The van der Waals surface area contributed by atoms with E-state index >= 15 is 0 Å². The summed E-state index contributed by atoms with van der Waals surface area (Å²) in [6, 6.07) is 13.5.